The van der Waals surface area contributed by atoms with Gasteiger partial charge in [0.1, 0.15) is 0 Å². The molecule has 2 aliphatic rings. The Morgan fingerprint density at radius 3 is 2.89 bits per heavy atom. The molecule has 106 valence electrons. The van der Waals surface area contributed by atoms with Crippen LogP contribution in [0, 0.1) is 5.92 Å². The highest BCUT2D eigenvalue weighted by Gasteiger charge is 2.16. The molecule has 0 aromatic heterocycles. The third kappa shape index (κ3) is 5.22. The van der Waals surface area contributed by atoms with Crippen LogP contribution in [-0.2, 0) is 9.47 Å². The summed E-state index contributed by atoms with van der Waals surface area (Å²) < 4.78 is 11.1. The quantitative estimate of drug-likeness (QED) is 0.692. The number of hydrogen-bond donors (Lipinski definition) is 1. The van der Waals surface area contributed by atoms with Gasteiger partial charge in [-0.2, -0.15) is 0 Å². The summed E-state index contributed by atoms with van der Waals surface area (Å²) >= 11 is 0. The molecule has 0 radical (unpaired) electrons. The van der Waals surface area contributed by atoms with Gasteiger partial charge in [0.05, 0.1) is 12.7 Å². The topological polar surface area (TPSA) is 33.7 Å². The highest BCUT2D eigenvalue weighted by atomic mass is 16.5. The van der Waals surface area contributed by atoms with Crippen molar-refractivity contribution in [3.05, 3.63) is 0 Å². The lowest BCUT2D eigenvalue weighted by Crippen LogP contribution is -2.38. The van der Waals surface area contributed by atoms with Crippen molar-refractivity contribution in [2.75, 3.05) is 53.0 Å². The third-order valence-electron chi connectivity index (χ3n) is 3.92. The number of hydrogen-bond acceptors (Lipinski definition) is 4. The largest absolute Gasteiger partial charge is 0.381 e. The third-order valence-corrected chi connectivity index (χ3v) is 3.92. The summed E-state index contributed by atoms with van der Waals surface area (Å²) in [6.07, 6.45) is 5.49. The van der Waals surface area contributed by atoms with Crippen molar-refractivity contribution < 1.29 is 9.47 Å². The molecule has 2 fully saturated rings. The van der Waals surface area contributed by atoms with Gasteiger partial charge in [-0.15, -0.1) is 0 Å². The van der Waals surface area contributed by atoms with Crippen LogP contribution in [0.3, 0.4) is 0 Å². The maximum Gasteiger partial charge on any atom is 0.0701 e. The maximum atomic E-state index is 5.76. The maximum absolute atomic E-state index is 5.76. The Bertz CT molecular complexity index is 214. The second-order valence-electron chi connectivity index (χ2n) is 5.68. The van der Waals surface area contributed by atoms with E-state index >= 15 is 0 Å². The molecule has 2 unspecified atom stereocenters. The number of nitrogens with zero attached hydrogens (tertiary/aromatic N) is 1. The predicted molar refractivity (Wildman–Crippen MR) is 72.9 cm³/mol. The number of likely N-dealkylation sites (N-methyl/N-ethyl adjacent to an activating group) is 1. The first-order valence-corrected chi connectivity index (χ1v) is 7.43. The average Bonchev–Trinajstić information content (AvgIpc) is 2.89. The van der Waals surface area contributed by atoms with Gasteiger partial charge in [0.2, 0.25) is 0 Å². The van der Waals surface area contributed by atoms with Crippen LogP contribution in [0.4, 0.5) is 0 Å². The summed E-state index contributed by atoms with van der Waals surface area (Å²) in [5.74, 6) is 0.733. The van der Waals surface area contributed by atoms with Crippen LogP contribution < -0.4 is 5.32 Å². The van der Waals surface area contributed by atoms with Gasteiger partial charge in [0.15, 0.2) is 0 Å². The van der Waals surface area contributed by atoms with Gasteiger partial charge in [-0.1, -0.05) is 0 Å². The molecule has 2 rings (SSSR count). The number of ether oxygens (including phenoxy) is 2. The van der Waals surface area contributed by atoms with Gasteiger partial charge in [-0.3, -0.25) is 0 Å². The molecule has 2 atom stereocenters. The van der Waals surface area contributed by atoms with Crippen molar-refractivity contribution in [2.45, 2.75) is 31.8 Å². The number of rotatable bonds is 7. The molecule has 0 bridgehead atoms. The molecule has 2 aliphatic heterocycles. The van der Waals surface area contributed by atoms with E-state index in [0.29, 0.717) is 6.10 Å². The van der Waals surface area contributed by atoms with Crippen molar-refractivity contribution in [1.82, 2.24) is 10.2 Å². The molecule has 0 aliphatic carbocycles. The Morgan fingerprint density at radius 2 is 2.17 bits per heavy atom. The minimum atomic E-state index is 0.465. The minimum Gasteiger partial charge on any atom is -0.381 e. The van der Waals surface area contributed by atoms with Crippen molar-refractivity contribution in [3.8, 4) is 0 Å². The Morgan fingerprint density at radius 1 is 1.22 bits per heavy atom. The van der Waals surface area contributed by atoms with Crippen LogP contribution >= 0.6 is 0 Å². The summed E-state index contributed by atoms with van der Waals surface area (Å²) in [4.78, 5) is 2.38. The molecule has 4 nitrogen and oxygen atoms in total. The summed E-state index contributed by atoms with van der Waals surface area (Å²) in [6, 6.07) is 0. The Hall–Kier alpha value is -0.160. The normalized spacial score (nSPS) is 29.0. The lowest BCUT2D eigenvalue weighted by atomic mass is 10.1. The van der Waals surface area contributed by atoms with E-state index in [1.807, 2.05) is 0 Å². The van der Waals surface area contributed by atoms with Gasteiger partial charge in [-0.05, 0) is 38.6 Å². The van der Waals surface area contributed by atoms with Gasteiger partial charge in [0, 0.05) is 39.4 Å². The molecule has 2 heterocycles. The molecule has 0 spiro atoms. The van der Waals surface area contributed by atoms with E-state index in [0.717, 1.165) is 51.9 Å². The van der Waals surface area contributed by atoms with E-state index in [1.165, 1.54) is 25.7 Å². The average molecular weight is 256 g/mol. The fourth-order valence-electron chi connectivity index (χ4n) is 2.71. The van der Waals surface area contributed by atoms with Gasteiger partial charge >= 0.3 is 0 Å². The second-order valence-corrected chi connectivity index (χ2v) is 5.68. The zero-order chi connectivity index (χ0) is 12.6. The standard InChI is InChI=1S/C14H28N2O2/c1-16(11-14-4-2-3-8-18-14)7-6-15-10-13-5-9-17-12-13/h13-15H,2-12H2,1H3. The van der Waals surface area contributed by atoms with Crippen molar-refractivity contribution in [1.29, 1.82) is 0 Å². The molecule has 4 heteroatoms. The molecule has 1 N–H and O–H groups in total. The Kier molecular flexibility index (Phi) is 6.41. The fourth-order valence-corrected chi connectivity index (χ4v) is 2.71. The van der Waals surface area contributed by atoms with Gasteiger partial charge in [-0.25, -0.2) is 0 Å². The SMILES string of the molecule is CN(CCNCC1CCOC1)CC1CCCCO1. The van der Waals surface area contributed by atoms with E-state index in [-0.39, 0.29) is 0 Å². The molecular weight excluding hydrogens is 228 g/mol. The zero-order valence-corrected chi connectivity index (χ0v) is 11.7. The van der Waals surface area contributed by atoms with E-state index in [9.17, 15) is 0 Å². The molecular formula is C14H28N2O2. The summed E-state index contributed by atoms with van der Waals surface area (Å²) in [7, 11) is 2.19. The van der Waals surface area contributed by atoms with Crippen LogP contribution in [0.1, 0.15) is 25.7 Å². The van der Waals surface area contributed by atoms with Crippen molar-refractivity contribution in [2.24, 2.45) is 5.92 Å². The summed E-state index contributed by atoms with van der Waals surface area (Å²) in [5, 5.41) is 3.53. The Balaban J connectivity index is 1.47. The molecule has 0 amide bonds. The first-order chi connectivity index (χ1) is 8.84. The lowest BCUT2D eigenvalue weighted by molar-refractivity contribution is -0.00124. The lowest BCUT2D eigenvalue weighted by Gasteiger charge is -2.27. The summed E-state index contributed by atoms with van der Waals surface area (Å²) in [5.41, 5.74) is 0. The molecule has 0 aromatic rings. The van der Waals surface area contributed by atoms with Crippen molar-refractivity contribution in [3.63, 3.8) is 0 Å². The van der Waals surface area contributed by atoms with Crippen molar-refractivity contribution >= 4 is 0 Å². The minimum absolute atomic E-state index is 0.465. The van der Waals surface area contributed by atoms with Gasteiger partial charge < -0.3 is 19.7 Å². The van der Waals surface area contributed by atoms with Crippen LogP contribution in [0.25, 0.3) is 0 Å². The van der Waals surface area contributed by atoms with E-state index in [4.69, 9.17) is 9.47 Å². The smallest absolute Gasteiger partial charge is 0.0701 e. The monoisotopic (exact) mass is 256 g/mol. The molecule has 0 aromatic carbocycles. The fraction of sp³-hybridized carbons (Fsp3) is 1.00. The van der Waals surface area contributed by atoms with Crippen LogP contribution in [0.5, 0.6) is 0 Å². The van der Waals surface area contributed by atoms with Gasteiger partial charge in [0.25, 0.3) is 0 Å². The highest BCUT2D eigenvalue weighted by Crippen LogP contribution is 2.13. The molecule has 18 heavy (non-hydrogen) atoms. The zero-order valence-electron chi connectivity index (χ0n) is 11.7. The first-order valence-electron chi connectivity index (χ1n) is 7.43. The molecule has 0 saturated carbocycles. The van der Waals surface area contributed by atoms with E-state index in [1.54, 1.807) is 0 Å². The predicted octanol–water partition coefficient (Wildman–Crippen LogP) is 1.11. The second kappa shape index (κ2) is 8.10. The summed E-state index contributed by atoms with van der Waals surface area (Å²) in [6.45, 7) is 7.21. The number of nitrogens with one attached hydrogen (secondary N) is 1. The molecule has 2 saturated heterocycles. The Labute approximate surface area is 111 Å². The van der Waals surface area contributed by atoms with E-state index < -0.39 is 0 Å². The van der Waals surface area contributed by atoms with Crippen LogP contribution in [0.15, 0.2) is 0 Å². The van der Waals surface area contributed by atoms with E-state index in [2.05, 4.69) is 17.3 Å². The van der Waals surface area contributed by atoms with Crippen LogP contribution in [-0.4, -0.2) is 64.1 Å². The first kappa shape index (κ1) is 14.3. The van der Waals surface area contributed by atoms with Crippen LogP contribution in [0.2, 0.25) is 0 Å². The highest BCUT2D eigenvalue weighted by molar-refractivity contribution is 4.70.